The predicted octanol–water partition coefficient (Wildman–Crippen LogP) is 4.41. The number of imide groups is 1. The molecule has 174 valence electrons. The first kappa shape index (κ1) is 22.6. The molecule has 2 fully saturated rings. The van der Waals surface area contributed by atoms with Crippen LogP contribution in [0, 0.1) is 17.8 Å². The summed E-state index contributed by atoms with van der Waals surface area (Å²) in [6.07, 6.45) is 5.01. The van der Waals surface area contributed by atoms with Crippen molar-refractivity contribution in [3.8, 4) is 5.75 Å². The van der Waals surface area contributed by atoms with Crippen LogP contribution < -0.4 is 14.5 Å². The number of nitrogens with zero attached hydrogens (tertiary/aromatic N) is 2. The number of carbonyl (C=O) groups is 4. The Kier molecular flexibility index (Phi) is 5.91. The lowest BCUT2D eigenvalue weighted by atomic mass is 9.85. The van der Waals surface area contributed by atoms with Crippen LogP contribution in [0.3, 0.4) is 0 Å². The summed E-state index contributed by atoms with van der Waals surface area (Å²) in [7, 11) is 0. The molecular formula is C25H20Cl2N2O5. The Balaban J connectivity index is 1.25. The minimum absolute atomic E-state index is 0.00659. The Hall–Kier alpha value is -3.16. The minimum atomic E-state index is -0.667. The molecule has 0 saturated carbocycles. The van der Waals surface area contributed by atoms with Gasteiger partial charge in [0.15, 0.2) is 0 Å². The number of hydrogen-bond acceptors (Lipinski definition) is 5. The number of esters is 1. The van der Waals surface area contributed by atoms with Gasteiger partial charge in [-0.3, -0.25) is 24.1 Å². The number of benzene rings is 2. The number of allylic oxidation sites excluding steroid dienone is 2. The van der Waals surface area contributed by atoms with Crippen molar-refractivity contribution in [1.29, 1.82) is 0 Å². The Morgan fingerprint density at radius 2 is 1.56 bits per heavy atom. The summed E-state index contributed by atoms with van der Waals surface area (Å²) in [5, 5.41) is 0.576. The van der Waals surface area contributed by atoms with Gasteiger partial charge in [0.05, 0.1) is 39.2 Å². The third-order valence-corrected chi connectivity index (χ3v) is 7.31. The maximum absolute atomic E-state index is 12.7. The van der Waals surface area contributed by atoms with Crippen molar-refractivity contribution in [2.45, 2.75) is 19.3 Å². The Bertz CT molecular complexity index is 1200. The molecule has 0 aromatic heterocycles. The fourth-order valence-corrected chi connectivity index (χ4v) is 5.11. The third-order valence-electron chi connectivity index (χ3n) is 6.50. The second-order valence-corrected chi connectivity index (χ2v) is 9.35. The zero-order chi connectivity index (χ0) is 24.0. The third kappa shape index (κ3) is 3.89. The smallest absolute Gasteiger partial charge is 0.316 e. The van der Waals surface area contributed by atoms with E-state index in [0.717, 1.165) is 0 Å². The minimum Gasteiger partial charge on any atom is -0.426 e. The molecule has 1 aliphatic carbocycles. The molecule has 9 heteroatoms. The van der Waals surface area contributed by atoms with Crippen LogP contribution in [0.25, 0.3) is 0 Å². The topological polar surface area (TPSA) is 84.0 Å². The molecule has 0 unspecified atom stereocenters. The van der Waals surface area contributed by atoms with Crippen LogP contribution in [0.15, 0.2) is 54.6 Å². The molecule has 5 rings (SSSR count). The van der Waals surface area contributed by atoms with Crippen molar-refractivity contribution in [1.82, 2.24) is 0 Å². The van der Waals surface area contributed by atoms with Gasteiger partial charge in [-0.2, -0.15) is 0 Å². The van der Waals surface area contributed by atoms with E-state index in [-0.39, 0.29) is 53.3 Å². The molecule has 3 aliphatic rings. The number of hydrogen-bond donors (Lipinski definition) is 0. The first-order chi connectivity index (χ1) is 16.3. The lowest BCUT2D eigenvalue weighted by Crippen LogP contribution is -2.30. The monoisotopic (exact) mass is 498 g/mol. The first-order valence-electron chi connectivity index (χ1n) is 10.9. The maximum atomic E-state index is 12.7. The second kappa shape index (κ2) is 8.89. The summed E-state index contributed by atoms with van der Waals surface area (Å²) in [6, 6.07) is 11.2. The first-order valence-corrected chi connectivity index (χ1v) is 11.7. The Morgan fingerprint density at radius 1 is 0.912 bits per heavy atom. The highest BCUT2D eigenvalue weighted by molar-refractivity contribution is 6.44. The molecule has 2 aromatic carbocycles. The number of rotatable bonds is 4. The lowest BCUT2D eigenvalue weighted by molar-refractivity contribution is -0.139. The van der Waals surface area contributed by atoms with Crippen molar-refractivity contribution < 1.29 is 23.9 Å². The van der Waals surface area contributed by atoms with Gasteiger partial charge >= 0.3 is 5.97 Å². The number of halogens is 2. The van der Waals surface area contributed by atoms with E-state index in [1.807, 2.05) is 12.2 Å². The van der Waals surface area contributed by atoms with Crippen LogP contribution in [0.5, 0.6) is 5.75 Å². The molecular weight excluding hydrogens is 479 g/mol. The second-order valence-electron chi connectivity index (χ2n) is 8.56. The van der Waals surface area contributed by atoms with Crippen LogP contribution in [0.2, 0.25) is 10.0 Å². The van der Waals surface area contributed by atoms with E-state index in [0.29, 0.717) is 29.2 Å². The van der Waals surface area contributed by atoms with Gasteiger partial charge in [0.25, 0.3) is 0 Å². The molecule has 2 aliphatic heterocycles. The van der Waals surface area contributed by atoms with Gasteiger partial charge in [-0.1, -0.05) is 41.4 Å². The van der Waals surface area contributed by atoms with E-state index in [1.165, 1.54) is 21.9 Å². The maximum Gasteiger partial charge on any atom is 0.316 e. The highest BCUT2D eigenvalue weighted by atomic mass is 35.5. The van der Waals surface area contributed by atoms with Crippen LogP contribution in [0.4, 0.5) is 11.4 Å². The highest BCUT2D eigenvalue weighted by Crippen LogP contribution is 2.38. The molecule has 2 heterocycles. The van der Waals surface area contributed by atoms with E-state index < -0.39 is 11.9 Å². The number of fused-ring (bicyclic) bond motifs is 1. The summed E-state index contributed by atoms with van der Waals surface area (Å²) in [6.45, 7) is 0.128. The fraction of sp³-hybridized carbons (Fsp3) is 0.280. The van der Waals surface area contributed by atoms with Crippen LogP contribution in [-0.4, -0.2) is 30.2 Å². The van der Waals surface area contributed by atoms with E-state index >= 15 is 0 Å². The molecule has 7 nitrogen and oxygen atoms in total. The number of anilines is 2. The average molecular weight is 499 g/mol. The SMILES string of the molecule is O=C(Oc1ccc(N2C(=O)[C@@H]3CC=CC[C@H]3C2=O)cc1)[C@H]1CC(=O)N(c2cccc(Cl)c2Cl)C1. The Labute approximate surface area is 205 Å². The number of amides is 3. The summed E-state index contributed by atoms with van der Waals surface area (Å²) in [5.74, 6) is -2.23. The number of ether oxygens (including phenoxy) is 1. The largest absolute Gasteiger partial charge is 0.426 e. The van der Waals surface area contributed by atoms with Crippen molar-refractivity contribution >= 4 is 58.3 Å². The standard InChI is InChI=1S/C25H20Cl2N2O5/c26-19-6-3-7-20(22(19)27)28-13-14(12-21(28)30)25(33)34-16-10-8-15(9-11-16)29-23(31)17-4-1-2-5-18(17)24(29)32/h1-3,6-11,14,17-18H,4-5,12-13H2/t14-,17+,18+/m0/s1. The van der Waals surface area contributed by atoms with E-state index in [2.05, 4.69) is 0 Å². The quantitative estimate of drug-likeness (QED) is 0.270. The van der Waals surface area contributed by atoms with Crippen molar-refractivity contribution in [3.63, 3.8) is 0 Å². The van der Waals surface area contributed by atoms with Crippen molar-refractivity contribution in [2.75, 3.05) is 16.3 Å². The molecule has 0 N–H and O–H groups in total. The van der Waals surface area contributed by atoms with Gasteiger partial charge in [0.1, 0.15) is 5.75 Å². The Morgan fingerprint density at radius 3 is 2.21 bits per heavy atom. The summed E-state index contributed by atoms with van der Waals surface area (Å²) in [4.78, 5) is 53.4. The molecule has 2 saturated heterocycles. The molecule has 3 amide bonds. The number of carbonyl (C=O) groups excluding carboxylic acids is 4. The molecule has 0 bridgehead atoms. The van der Waals surface area contributed by atoms with Crippen LogP contribution >= 0.6 is 23.2 Å². The zero-order valence-electron chi connectivity index (χ0n) is 17.9. The normalized spacial score (nSPS) is 24.1. The molecule has 2 aromatic rings. The molecule has 3 atom stereocenters. The lowest BCUT2D eigenvalue weighted by Gasteiger charge is -2.18. The van der Waals surface area contributed by atoms with E-state index in [4.69, 9.17) is 27.9 Å². The van der Waals surface area contributed by atoms with E-state index in [9.17, 15) is 19.2 Å². The summed E-state index contributed by atoms with van der Waals surface area (Å²) < 4.78 is 5.48. The average Bonchev–Trinajstić information content (AvgIpc) is 3.34. The molecule has 34 heavy (non-hydrogen) atoms. The van der Waals surface area contributed by atoms with Gasteiger partial charge in [0.2, 0.25) is 17.7 Å². The van der Waals surface area contributed by atoms with Gasteiger partial charge in [0, 0.05) is 13.0 Å². The molecule has 0 radical (unpaired) electrons. The van der Waals surface area contributed by atoms with Crippen molar-refractivity contribution in [2.24, 2.45) is 17.8 Å². The zero-order valence-corrected chi connectivity index (χ0v) is 19.5. The van der Waals surface area contributed by atoms with Crippen LogP contribution in [-0.2, 0) is 19.2 Å². The van der Waals surface area contributed by atoms with Crippen LogP contribution in [0.1, 0.15) is 19.3 Å². The predicted molar refractivity (Wildman–Crippen MR) is 127 cm³/mol. The van der Waals surface area contributed by atoms with Gasteiger partial charge < -0.3 is 9.64 Å². The summed E-state index contributed by atoms with van der Waals surface area (Å²) >= 11 is 12.3. The van der Waals surface area contributed by atoms with Crippen molar-refractivity contribution in [3.05, 3.63) is 64.7 Å². The van der Waals surface area contributed by atoms with Gasteiger partial charge in [-0.15, -0.1) is 0 Å². The van der Waals surface area contributed by atoms with Gasteiger partial charge in [-0.25, -0.2) is 0 Å². The molecule has 0 spiro atoms. The van der Waals surface area contributed by atoms with E-state index in [1.54, 1.807) is 30.3 Å². The fourth-order valence-electron chi connectivity index (χ4n) is 4.72. The van der Waals surface area contributed by atoms with Gasteiger partial charge in [-0.05, 0) is 49.2 Å². The highest BCUT2D eigenvalue weighted by Gasteiger charge is 2.47. The summed E-state index contributed by atoms with van der Waals surface area (Å²) in [5.41, 5.74) is 0.900.